The maximum atomic E-state index is 10.6. The molecule has 0 aliphatic heterocycles. The van der Waals surface area contributed by atoms with Gasteiger partial charge in [0.25, 0.3) is 0 Å². The number of hydrogen-bond acceptors (Lipinski definition) is 8. The van der Waals surface area contributed by atoms with Gasteiger partial charge < -0.3 is 20.4 Å². The van der Waals surface area contributed by atoms with Crippen LogP contribution < -0.4 is 5.73 Å². The van der Waals surface area contributed by atoms with E-state index in [-0.39, 0.29) is 6.10 Å². The summed E-state index contributed by atoms with van der Waals surface area (Å²) in [6.45, 7) is 0. The Morgan fingerprint density at radius 3 is 2.45 bits per heavy atom. The van der Waals surface area contributed by atoms with Gasteiger partial charge in [-0.2, -0.15) is 18.3 Å². The number of carbonyl (C=O) groups is 1. The number of nitrogens with two attached hydrogens (primary N) is 1. The van der Waals surface area contributed by atoms with Crippen molar-refractivity contribution in [1.29, 1.82) is 0 Å². The average molecular weight is 622 g/mol. The molecule has 0 atom stereocenters. The molecule has 0 saturated heterocycles. The number of hydrogen-bond donors (Lipinski definition) is 3. The number of thiophene rings is 1. The molecule has 0 bridgehead atoms. The summed E-state index contributed by atoms with van der Waals surface area (Å²) in [7, 11) is 0. The van der Waals surface area contributed by atoms with Crippen molar-refractivity contribution in [2.75, 3.05) is 5.73 Å². The van der Waals surface area contributed by atoms with Crippen molar-refractivity contribution in [3.63, 3.8) is 0 Å². The number of aliphatic hydroxyl groups excluding tert-OH is 1. The molecule has 13 heteroatoms. The Bertz CT molecular complexity index is 1940. The lowest BCUT2D eigenvalue weighted by Gasteiger charge is -2.25. The van der Waals surface area contributed by atoms with Crippen LogP contribution in [-0.4, -0.2) is 48.2 Å². The van der Waals surface area contributed by atoms with Crippen LogP contribution in [0, 0.1) is 0 Å². The number of aromatic nitrogens is 4. The Balaban J connectivity index is 0.000000441. The maximum Gasteiger partial charge on any atom is 0.490 e. The quantitative estimate of drug-likeness (QED) is 0.186. The molecule has 1 aromatic carbocycles. The SMILES string of the molecule is Nc1ncc(-c2cnn(C3CCC(O)CC3)c2)c2cc(-c3c(-c4ccccc4)sc4cnccc34)oc12.O=C(O)C(F)(F)F. The summed E-state index contributed by atoms with van der Waals surface area (Å²) in [6.07, 6.45) is 7.67. The number of furan rings is 1. The maximum absolute atomic E-state index is 10.6. The summed E-state index contributed by atoms with van der Waals surface area (Å²) < 4.78 is 41.3. The first-order valence-corrected chi connectivity index (χ1v) is 14.5. The van der Waals surface area contributed by atoms with E-state index in [1.54, 1.807) is 17.5 Å². The number of aliphatic carboxylic acids is 1. The van der Waals surface area contributed by atoms with Crippen LogP contribution in [-0.2, 0) is 4.79 Å². The molecule has 1 aliphatic carbocycles. The number of nitrogens with zero attached hydrogens (tertiary/aromatic N) is 4. The second-order valence-corrected chi connectivity index (χ2v) is 11.5. The van der Waals surface area contributed by atoms with Crippen molar-refractivity contribution in [3.05, 3.63) is 73.4 Å². The lowest BCUT2D eigenvalue weighted by Crippen LogP contribution is -2.21. The Labute approximate surface area is 252 Å². The topological polar surface area (TPSA) is 140 Å². The van der Waals surface area contributed by atoms with Gasteiger partial charge in [0.2, 0.25) is 0 Å². The molecular formula is C31H26F3N5O4S. The van der Waals surface area contributed by atoms with Gasteiger partial charge in [0, 0.05) is 57.1 Å². The molecule has 0 amide bonds. The summed E-state index contributed by atoms with van der Waals surface area (Å²) in [5.41, 5.74) is 11.0. The van der Waals surface area contributed by atoms with Crippen LogP contribution >= 0.6 is 11.3 Å². The van der Waals surface area contributed by atoms with Crippen molar-refractivity contribution < 1.29 is 32.6 Å². The number of benzene rings is 1. The third-order valence-corrected chi connectivity index (χ3v) is 8.75. The zero-order valence-corrected chi connectivity index (χ0v) is 23.8. The number of rotatable bonds is 4. The van der Waals surface area contributed by atoms with Crippen molar-refractivity contribution >= 4 is 44.2 Å². The highest BCUT2D eigenvalue weighted by atomic mass is 32.1. The number of fused-ring (bicyclic) bond motifs is 2. The minimum Gasteiger partial charge on any atom is -0.475 e. The van der Waals surface area contributed by atoms with Crippen LogP contribution in [0.1, 0.15) is 31.7 Å². The van der Waals surface area contributed by atoms with Crippen molar-refractivity contribution in [2.45, 2.75) is 44.0 Å². The molecule has 5 aromatic heterocycles. The Kier molecular flexibility index (Phi) is 7.82. The second kappa shape index (κ2) is 11.7. The van der Waals surface area contributed by atoms with Gasteiger partial charge in [0.15, 0.2) is 11.4 Å². The number of alkyl halides is 3. The van der Waals surface area contributed by atoms with Crippen molar-refractivity contribution in [2.24, 2.45) is 0 Å². The van der Waals surface area contributed by atoms with E-state index in [4.69, 9.17) is 20.1 Å². The van der Waals surface area contributed by atoms with Crippen molar-refractivity contribution in [3.8, 4) is 32.9 Å². The van der Waals surface area contributed by atoms with Crippen LogP contribution in [0.3, 0.4) is 0 Å². The van der Waals surface area contributed by atoms with Gasteiger partial charge in [-0.3, -0.25) is 9.67 Å². The molecule has 0 spiro atoms. The molecule has 1 saturated carbocycles. The van der Waals surface area contributed by atoms with Crippen LogP contribution in [0.5, 0.6) is 0 Å². The lowest BCUT2D eigenvalue weighted by atomic mass is 9.93. The molecule has 6 aromatic rings. The largest absolute Gasteiger partial charge is 0.490 e. The van der Waals surface area contributed by atoms with Gasteiger partial charge in [-0.25, -0.2) is 9.78 Å². The van der Waals surface area contributed by atoms with Gasteiger partial charge in [0.1, 0.15) is 5.76 Å². The van der Waals surface area contributed by atoms with Crippen LogP contribution in [0.4, 0.5) is 19.0 Å². The van der Waals surface area contributed by atoms with Gasteiger partial charge in [0.05, 0.1) is 23.0 Å². The number of pyridine rings is 2. The van der Waals surface area contributed by atoms with E-state index in [1.807, 2.05) is 47.5 Å². The fourth-order valence-corrected chi connectivity index (χ4v) is 6.57. The minimum atomic E-state index is -5.08. The van der Waals surface area contributed by atoms with Gasteiger partial charge >= 0.3 is 12.1 Å². The standard InChI is InChI=1S/C29H25N5O2S.C2HF3O2/c30-29-27-22(23(14-32-29)18-13-33-34(16-18)19-6-8-20(35)9-7-19)12-24(36-27)26-21-10-11-31-15-25(21)37-28(26)17-4-2-1-3-5-17;3-2(4,5)1(6)7/h1-5,10-16,19-20,35H,6-9H2,(H2,30,32);(H,6,7). The van der Waals surface area contributed by atoms with Crippen LogP contribution in [0.15, 0.2) is 77.9 Å². The van der Waals surface area contributed by atoms with E-state index < -0.39 is 12.1 Å². The normalized spacial score (nSPS) is 17.0. The fourth-order valence-electron chi connectivity index (χ4n) is 5.38. The predicted molar refractivity (Wildman–Crippen MR) is 161 cm³/mol. The molecule has 7 rings (SSSR count). The van der Waals surface area contributed by atoms with E-state index in [0.29, 0.717) is 17.4 Å². The summed E-state index contributed by atoms with van der Waals surface area (Å²) in [5.74, 6) is -1.64. The van der Waals surface area contributed by atoms with Crippen LogP contribution in [0.2, 0.25) is 0 Å². The van der Waals surface area contributed by atoms with E-state index in [2.05, 4.69) is 39.5 Å². The first-order chi connectivity index (χ1) is 21.1. The summed E-state index contributed by atoms with van der Waals surface area (Å²) in [5, 5.41) is 23.7. The molecular weight excluding hydrogens is 595 g/mol. The number of aliphatic hydroxyl groups is 1. The lowest BCUT2D eigenvalue weighted by molar-refractivity contribution is -0.192. The smallest absolute Gasteiger partial charge is 0.475 e. The van der Waals surface area contributed by atoms with Gasteiger partial charge in [-0.05, 0) is 43.4 Å². The number of halogens is 3. The molecule has 4 N–H and O–H groups in total. The number of nitrogen functional groups attached to an aromatic ring is 1. The molecule has 1 fully saturated rings. The molecule has 0 radical (unpaired) electrons. The zero-order valence-electron chi connectivity index (χ0n) is 23.0. The van der Waals surface area contributed by atoms with Crippen molar-refractivity contribution in [1.82, 2.24) is 19.7 Å². The molecule has 226 valence electrons. The Morgan fingerprint density at radius 1 is 1.02 bits per heavy atom. The predicted octanol–water partition coefficient (Wildman–Crippen LogP) is 7.33. The molecule has 9 nitrogen and oxygen atoms in total. The molecule has 0 unspecified atom stereocenters. The van der Waals surface area contributed by atoms with Gasteiger partial charge in [-0.15, -0.1) is 11.3 Å². The summed E-state index contributed by atoms with van der Waals surface area (Å²) in [4.78, 5) is 18.8. The summed E-state index contributed by atoms with van der Waals surface area (Å²) >= 11 is 1.71. The van der Waals surface area contributed by atoms with E-state index in [0.717, 1.165) is 74.0 Å². The monoisotopic (exact) mass is 621 g/mol. The average Bonchev–Trinajstić information content (AvgIpc) is 3.76. The molecule has 44 heavy (non-hydrogen) atoms. The molecule has 1 aliphatic rings. The third-order valence-electron chi connectivity index (χ3n) is 7.56. The number of carboxylic acids is 1. The Morgan fingerprint density at radius 2 is 1.75 bits per heavy atom. The first-order valence-electron chi connectivity index (χ1n) is 13.7. The van der Waals surface area contributed by atoms with E-state index >= 15 is 0 Å². The first kappa shape index (κ1) is 29.3. The van der Waals surface area contributed by atoms with Crippen LogP contribution in [0.25, 0.3) is 53.9 Å². The third kappa shape index (κ3) is 5.75. The van der Waals surface area contributed by atoms with E-state index in [1.165, 1.54) is 0 Å². The van der Waals surface area contributed by atoms with Gasteiger partial charge in [-0.1, -0.05) is 30.3 Å². The van der Waals surface area contributed by atoms with E-state index in [9.17, 15) is 18.3 Å². The highest BCUT2D eigenvalue weighted by Gasteiger charge is 2.38. The second-order valence-electron chi connectivity index (χ2n) is 10.4. The zero-order chi connectivity index (χ0) is 31.0. The highest BCUT2D eigenvalue weighted by molar-refractivity contribution is 7.23. The Hall–Kier alpha value is -4.75. The highest BCUT2D eigenvalue weighted by Crippen LogP contribution is 2.47. The minimum absolute atomic E-state index is 0.193. The summed E-state index contributed by atoms with van der Waals surface area (Å²) in [6, 6.07) is 14.8. The number of anilines is 1. The molecule has 5 heterocycles. The number of carboxylic acid groups (broad SMARTS) is 1. The fraction of sp³-hybridized carbons (Fsp3) is 0.226.